The van der Waals surface area contributed by atoms with E-state index < -0.39 is 10.0 Å². The van der Waals surface area contributed by atoms with Gasteiger partial charge in [-0.1, -0.05) is 36.7 Å². The van der Waals surface area contributed by atoms with Crippen molar-refractivity contribution < 1.29 is 8.42 Å². The van der Waals surface area contributed by atoms with E-state index in [0.717, 1.165) is 16.0 Å². The number of hydrogen-bond acceptors (Lipinski definition) is 5. The predicted molar refractivity (Wildman–Crippen MR) is 83.6 cm³/mol. The van der Waals surface area contributed by atoms with E-state index in [1.165, 1.54) is 12.1 Å². The number of hydrogen-bond donors (Lipinski definition) is 1. The van der Waals surface area contributed by atoms with Crippen LogP contribution in [-0.4, -0.2) is 17.8 Å². The second kappa shape index (κ2) is 5.42. The summed E-state index contributed by atoms with van der Waals surface area (Å²) in [5, 5.41) is 0.276. The molecule has 1 aromatic carbocycles. The van der Waals surface area contributed by atoms with Crippen molar-refractivity contribution in [1.82, 2.24) is 9.36 Å². The van der Waals surface area contributed by atoms with Crippen LogP contribution in [0.3, 0.4) is 0 Å². The Kier molecular flexibility index (Phi) is 4.17. The zero-order chi connectivity index (χ0) is 15.0. The lowest BCUT2D eigenvalue weighted by Gasteiger charge is -2.12. The van der Waals surface area contributed by atoms with Crippen molar-refractivity contribution in [3.63, 3.8) is 0 Å². The highest BCUT2D eigenvalue weighted by Gasteiger charge is 2.22. The molecule has 0 aliphatic carbocycles. The van der Waals surface area contributed by atoms with Gasteiger partial charge in [-0.3, -0.25) is 4.72 Å². The zero-order valence-electron chi connectivity index (χ0n) is 11.2. The van der Waals surface area contributed by atoms with E-state index in [2.05, 4.69) is 30.0 Å². The molecule has 0 bridgehead atoms. The summed E-state index contributed by atoms with van der Waals surface area (Å²) >= 11 is 4.31. The lowest BCUT2D eigenvalue weighted by atomic mass is 9.96. The van der Waals surface area contributed by atoms with E-state index in [0.29, 0.717) is 5.82 Å². The summed E-state index contributed by atoms with van der Waals surface area (Å²) in [6.45, 7) is 5.92. The van der Waals surface area contributed by atoms with Gasteiger partial charge in [0, 0.05) is 21.4 Å². The molecule has 0 amide bonds. The summed E-state index contributed by atoms with van der Waals surface area (Å²) in [5.74, 6) is 0.621. The van der Waals surface area contributed by atoms with Crippen LogP contribution in [0, 0.1) is 0 Å². The number of benzene rings is 1. The van der Waals surface area contributed by atoms with Gasteiger partial charge in [0.25, 0.3) is 10.0 Å². The maximum Gasteiger partial charge on any atom is 0.263 e. The monoisotopic (exact) mass is 375 g/mol. The highest BCUT2D eigenvalue weighted by Crippen LogP contribution is 2.25. The molecule has 0 spiro atoms. The summed E-state index contributed by atoms with van der Waals surface area (Å²) in [6.07, 6.45) is 0. The van der Waals surface area contributed by atoms with Crippen LogP contribution in [0.4, 0.5) is 5.13 Å². The van der Waals surface area contributed by atoms with E-state index in [1.807, 2.05) is 20.8 Å². The molecule has 108 valence electrons. The first-order chi connectivity index (χ1) is 9.18. The first-order valence-electron chi connectivity index (χ1n) is 5.81. The first-order valence-corrected chi connectivity index (χ1v) is 8.86. The molecule has 0 radical (unpaired) electrons. The third-order valence-electron chi connectivity index (χ3n) is 2.44. The number of rotatable bonds is 3. The molecular formula is C12H14BrN3O2S2. The third kappa shape index (κ3) is 3.56. The quantitative estimate of drug-likeness (QED) is 0.891. The van der Waals surface area contributed by atoms with Crippen LogP contribution >= 0.6 is 27.5 Å². The van der Waals surface area contributed by atoms with Gasteiger partial charge in [-0.25, -0.2) is 13.4 Å². The largest absolute Gasteiger partial charge is 0.263 e. The second-order valence-electron chi connectivity index (χ2n) is 5.23. The molecule has 1 N–H and O–H groups in total. The highest BCUT2D eigenvalue weighted by atomic mass is 79.9. The van der Waals surface area contributed by atoms with Crippen molar-refractivity contribution in [2.24, 2.45) is 0 Å². The molecule has 8 heteroatoms. The van der Waals surface area contributed by atoms with Crippen molar-refractivity contribution in [1.29, 1.82) is 0 Å². The van der Waals surface area contributed by atoms with E-state index in [-0.39, 0.29) is 15.4 Å². The Balaban J connectivity index is 2.25. The molecule has 0 aliphatic heterocycles. The molecular weight excluding hydrogens is 362 g/mol. The van der Waals surface area contributed by atoms with Crippen LogP contribution in [0.25, 0.3) is 0 Å². The van der Waals surface area contributed by atoms with Crippen LogP contribution in [0.1, 0.15) is 26.6 Å². The van der Waals surface area contributed by atoms with Gasteiger partial charge in [-0.15, -0.1) is 0 Å². The molecule has 0 atom stereocenters. The SMILES string of the molecule is CC(C)(C)c1nsc(NS(=O)(=O)c2ccc(Br)cc2)n1. The van der Waals surface area contributed by atoms with Crippen LogP contribution < -0.4 is 4.72 Å². The van der Waals surface area contributed by atoms with Crippen LogP contribution in [0.2, 0.25) is 0 Å². The molecule has 20 heavy (non-hydrogen) atoms. The molecule has 1 aromatic heterocycles. The van der Waals surface area contributed by atoms with Gasteiger partial charge in [0.2, 0.25) is 5.13 Å². The number of nitrogens with zero attached hydrogens (tertiary/aromatic N) is 2. The lowest BCUT2D eigenvalue weighted by Crippen LogP contribution is -2.15. The molecule has 5 nitrogen and oxygen atoms in total. The summed E-state index contributed by atoms with van der Waals surface area (Å²) < 4.78 is 31.8. The number of sulfonamides is 1. The third-order valence-corrected chi connectivity index (χ3v) is 5.09. The topological polar surface area (TPSA) is 72.0 Å². The van der Waals surface area contributed by atoms with E-state index in [1.54, 1.807) is 12.1 Å². The Morgan fingerprint density at radius 2 is 1.80 bits per heavy atom. The van der Waals surface area contributed by atoms with Crippen molar-refractivity contribution >= 4 is 42.6 Å². The van der Waals surface area contributed by atoms with E-state index in [4.69, 9.17) is 0 Å². The summed E-state index contributed by atoms with van der Waals surface area (Å²) in [4.78, 5) is 4.41. The van der Waals surface area contributed by atoms with Crippen molar-refractivity contribution in [3.05, 3.63) is 34.6 Å². The fourth-order valence-electron chi connectivity index (χ4n) is 1.36. The maximum atomic E-state index is 12.2. The molecule has 2 rings (SSSR count). The normalized spacial score (nSPS) is 12.4. The van der Waals surface area contributed by atoms with Crippen LogP contribution in [0.5, 0.6) is 0 Å². The van der Waals surface area contributed by atoms with Gasteiger partial charge in [-0.2, -0.15) is 4.37 Å². The van der Waals surface area contributed by atoms with Crippen LogP contribution in [0.15, 0.2) is 33.6 Å². The Labute approximate surface area is 130 Å². The zero-order valence-corrected chi connectivity index (χ0v) is 14.4. The lowest BCUT2D eigenvalue weighted by molar-refractivity contribution is 0.555. The van der Waals surface area contributed by atoms with Gasteiger partial charge < -0.3 is 0 Å². The molecule has 1 heterocycles. The van der Waals surface area contributed by atoms with Crippen molar-refractivity contribution in [2.75, 3.05) is 4.72 Å². The fourth-order valence-corrected chi connectivity index (χ4v) is 3.60. The Bertz CT molecular complexity index is 703. The number of nitrogens with one attached hydrogen (secondary N) is 1. The van der Waals surface area contributed by atoms with E-state index >= 15 is 0 Å². The first kappa shape index (κ1) is 15.4. The Morgan fingerprint density at radius 3 is 2.30 bits per heavy atom. The Morgan fingerprint density at radius 1 is 1.20 bits per heavy atom. The molecule has 0 saturated heterocycles. The molecule has 2 aromatic rings. The standard InChI is InChI=1S/C12H14BrN3O2S2/c1-12(2,3)10-14-11(19-15-10)16-20(17,18)9-6-4-8(13)5-7-9/h4-7H,1-3H3,(H,14,15,16). The summed E-state index contributed by atoms with van der Waals surface area (Å²) in [6, 6.07) is 6.40. The van der Waals surface area contributed by atoms with Crippen molar-refractivity contribution in [3.8, 4) is 0 Å². The molecule has 0 aliphatic rings. The predicted octanol–water partition coefficient (Wildman–Crippen LogP) is 3.40. The van der Waals surface area contributed by atoms with E-state index in [9.17, 15) is 8.42 Å². The van der Waals surface area contributed by atoms with Gasteiger partial charge >= 0.3 is 0 Å². The number of anilines is 1. The highest BCUT2D eigenvalue weighted by molar-refractivity contribution is 9.10. The summed E-state index contributed by atoms with van der Waals surface area (Å²) in [7, 11) is -3.63. The van der Waals surface area contributed by atoms with Crippen molar-refractivity contribution in [2.45, 2.75) is 31.1 Å². The summed E-state index contributed by atoms with van der Waals surface area (Å²) in [5.41, 5.74) is -0.211. The van der Waals surface area contributed by atoms with Gasteiger partial charge in [0.05, 0.1) is 4.90 Å². The van der Waals surface area contributed by atoms with Gasteiger partial charge in [0.1, 0.15) is 5.82 Å². The number of aromatic nitrogens is 2. The van der Waals surface area contributed by atoms with Gasteiger partial charge in [0.15, 0.2) is 0 Å². The second-order valence-corrected chi connectivity index (χ2v) is 8.58. The Hall–Kier alpha value is -0.990. The maximum absolute atomic E-state index is 12.2. The average molecular weight is 376 g/mol. The fraction of sp³-hybridized carbons (Fsp3) is 0.333. The van der Waals surface area contributed by atoms with Crippen LogP contribution in [-0.2, 0) is 15.4 Å². The average Bonchev–Trinajstić information content (AvgIpc) is 2.77. The van der Waals surface area contributed by atoms with Gasteiger partial charge in [-0.05, 0) is 24.3 Å². The molecule has 0 unspecified atom stereocenters. The molecule has 0 fully saturated rings. The minimum Gasteiger partial charge on any atom is -0.253 e. The number of halogens is 1. The molecule has 0 saturated carbocycles. The minimum atomic E-state index is -3.63. The smallest absolute Gasteiger partial charge is 0.253 e. The minimum absolute atomic E-state index is 0.188.